The molecule has 3 heteroatoms. The standard InChI is InChI=1S/C11H13NO2/c1-8-6-11(8,10(13)14-2)9-4-3-5-12-7-9/h3-5,7-8H,6H2,1-2H3. The molecule has 1 fully saturated rings. The monoisotopic (exact) mass is 191 g/mol. The van der Waals surface area contributed by atoms with Crippen LogP contribution in [0.2, 0.25) is 0 Å². The first-order chi connectivity index (χ1) is 6.71. The fraction of sp³-hybridized carbons (Fsp3) is 0.455. The molecule has 1 saturated carbocycles. The topological polar surface area (TPSA) is 39.2 Å². The summed E-state index contributed by atoms with van der Waals surface area (Å²) in [6.45, 7) is 2.06. The molecule has 1 aliphatic rings. The van der Waals surface area contributed by atoms with Crippen molar-refractivity contribution in [1.82, 2.24) is 4.98 Å². The van der Waals surface area contributed by atoms with E-state index in [0.29, 0.717) is 5.92 Å². The summed E-state index contributed by atoms with van der Waals surface area (Å²) in [7, 11) is 1.44. The number of methoxy groups -OCH3 is 1. The Labute approximate surface area is 83.1 Å². The highest BCUT2D eigenvalue weighted by atomic mass is 16.5. The molecule has 0 saturated heterocycles. The minimum Gasteiger partial charge on any atom is -0.468 e. The fourth-order valence-corrected chi connectivity index (χ4v) is 2.04. The van der Waals surface area contributed by atoms with Gasteiger partial charge in [0.1, 0.15) is 0 Å². The lowest BCUT2D eigenvalue weighted by Crippen LogP contribution is -2.24. The normalized spacial score (nSPS) is 29.7. The lowest BCUT2D eigenvalue weighted by Gasteiger charge is -2.13. The van der Waals surface area contributed by atoms with Crippen LogP contribution >= 0.6 is 0 Å². The second kappa shape index (κ2) is 3.08. The van der Waals surface area contributed by atoms with Gasteiger partial charge < -0.3 is 4.74 Å². The largest absolute Gasteiger partial charge is 0.468 e. The quantitative estimate of drug-likeness (QED) is 0.665. The lowest BCUT2D eigenvalue weighted by atomic mass is 9.95. The number of carbonyl (C=O) groups is 1. The second-order valence-electron chi connectivity index (χ2n) is 3.81. The molecule has 0 spiro atoms. The number of hydrogen-bond acceptors (Lipinski definition) is 3. The number of ether oxygens (including phenoxy) is 1. The van der Waals surface area contributed by atoms with Crippen LogP contribution in [-0.4, -0.2) is 18.1 Å². The number of aromatic nitrogens is 1. The predicted octanol–water partition coefficient (Wildman–Crippen LogP) is 1.53. The molecule has 1 heterocycles. The van der Waals surface area contributed by atoms with Crippen LogP contribution in [0, 0.1) is 5.92 Å². The Morgan fingerprint density at radius 2 is 2.43 bits per heavy atom. The van der Waals surface area contributed by atoms with E-state index in [0.717, 1.165) is 12.0 Å². The van der Waals surface area contributed by atoms with E-state index in [1.165, 1.54) is 7.11 Å². The molecule has 3 nitrogen and oxygen atoms in total. The molecule has 0 bridgehead atoms. The lowest BCUT2D eigenvalue weighted by molar-refractivity contribution is -0.144. The van der Waals surface area contributed by atoms with Crippen LogP contribution < -0.4 is 0 Å². The van der Waals surface area contributed by atoms with E-state index in [9.17, 15) is 4.79 Å². The van der Waals surface area contributed by atoms with Gasteiger partial charge in [0, 0.05) is 12.4 Å². The zero-order valence-electron chi connectivity index (χ0n) is 8.36. The molecule has 74 valence electrons. The molecule has 1 aliphatic carbocycles. The van der Waals surface area contributed by atoms with E-state index in [2.05, 4.69) is 11.9 Å². The first kappa shape index (κ1) is 9.19. The van der Waals surface area contributed by atoms with Crippen molar-refractivity contribution in [2.24, 2.45) is 5.92 Å². The SMILES string of the molecule is COC(=O)C1(c2cccnc2)CC1C. The van der Waals surface area contributed by atoms with E-state index in [1.807, 2.05) is 12.1 Å². The molecule has 0 N–H and O–H groups in total. The minimum absolute atomic E-state index is 0.141. The van der Waals surface area contributed by atoms with Gasteiger partial charge in [-0.05, 0) is 24.0 Å². The van der Waals surface area contributed by atoms with Crippen LogP contribution in [-0.2, 0) is 14.9 Å². The van der Waals surface area contributed by atoms with E-state index in [4.69, 9.17) is 4.74 Å². The van der Waals surface area contributed by atoms with Crippen LogP contribution in [0.25, 0.3) is 0 Å². The first-order valence-electron chi connectivity index (χ1n) is 4.70. The van der Waals surface area contributed by atoms with Crippen molar-refractivity contribution in [3.05, 3.63) is 30.1 Å². The van der Waals surface area contributed by atoms with Gasteiger partial charge >= 0.3 is 5.97 Å². The first-order valence-corrected chi connectivity index (χ1v) is 4.70. The zero-order chi connectivity index (χ0) is 10.2. The maximum Gasteiger partial charge on any atom is 0.316 e. The Bertz CT molecular complexity index is 350. The summed E-state index contributed by atoms with van der Waals surface area (Å²) in [6, 6.07) is 3.79. The summed E-state index contributed by atoms with van der Waals surface area (Å²) in [4.78, 5) is 15.7. The number of esters is 1. The Morgan fingerprint density at radius 1 is 1.71 bits per heavy atom. The maximum absolute atomic E-state index is 11.7. The van der Waals surface area contributed by atoms with Crippen LogP contribution in [0.3, 0.4) is 0 Å². The van der Waals surface area contributed by atoms with Crippen molar-refractivity contribution in [2.75, 3.05) is 7.11 Å². The van der Waals surface area contributed by atoms with Gasteiger partial charge in [-0.3, -0.25) is 9.78 Å². The molecular weight excluding hydrogens is 178 g/mol. The van der Waals surface area contributed by atoms with Crippen LogP contribution in [0.4, 0.5) is 0 Å². The highest BCUT2D eigenvalue weighted by molar-refractivity contribution is 5.87. The van der Waals surface area contributed by atoms with Crippen LogP contribution in [0.5, 0.6) is 0 Å². The molecule has 14 heavy (non-hydrogen) atoms. The van der Waals surface area contributed by atoms with E-state index < -0.39 is 5.41 Å². The predicted molar refractivity (Wildman–Crippen MR) is 51.7 cm³/mol. The average Bonchev–Trinajstić information content (AvgIpc) is 2.92. The maximum atomic E-state index is 11.7. The molecule has 2 rings (SSSR count). The Hall–Kier alpha value is -1.38. The van der Waals surface area contributed by atoms with Gasteiger partial charge in [-0.1, -0.05) is 13.0 Å². The third-order valence-corrected chi connectivity index (χ3v) is 3.04. The summed E-state index contributed by atoms with van der Waals surface area (Å²) >= 11 is 0. The van der Waals surface area contributed by atoms with Gasteiger partial charge in [0.2, 0.25) is 0 Å². The summed E-state index contributed by atoms with van der Waals surface area (Å²) in [6.07, 6.45) is 4.33. The molecule has 0 aliphatic heterocycles. The third kappa shape index (κ3) is 1.12. The molecule has 0 amide bonds. The highest BCUT2D eigenvalue weighted by Gasteiger charge is 2.59. The second-order valence-corrected chi connectivity index (χ2v) is 3.81. The number of carbonyl (C=O) groups excluding carboxylic acids is 1. The van der Waals surface area contributed by atoms with Crippen molar-refractivity contribution < 1.29 is 9.53 Å². The van der Waals surface area contributed by atoms with Crippen molar-refractivity contribution in [2.45, 2.75) is 18.8 Å². The van der Waals surface area contributed by atoms with Gasteiger partial charge in [-0.2, -0.15) is 0 Å². The van der Waals surface area contributed by atoms with Gasteiger partial charge in [0.25, 0.3) is 0 Å². The molecule has 2 unspecified atom stereocenters. The van der Waals surface area contributed by atoms with Crippen molar-refractivity contribution >= 4 is 5.97 Å². The highest BCUT2D eigenvalue weighted by Crippen LogP contribution is 2.54. The molecule has 2 atom stereocenters. The van der Waals surface area contributed by atoms with Gasteiger partial charge in [0.05, 0.1) is 12.5 Å². The molecule has 0 radical (unpaired) electrons. The Kier molecular flexibility index (Phi) is 2.02. The van der Waals surface area contributed by atoms with E-state index >= 15 is 0 Å². The number of rotatable bonds is 2. The zero-order valence-corrected chi connectivity index (χ0v) is 8.36. The summed E-state index contributed by atoms with van der Waals surface area (Å²) < 4.78 is 4.84. The summed E-state index contributed by atoms with van der Waals surface area (Å²) in [5.41, 5.74) is 0.558. The van der Waals surface area contributed by atoms with Crippen molar-refractivity contribution in [3.8, 4) is 0 Å². The van der Waals surface area contributed by atoms with Crippen LogP contribution in [0.1, 0.15) is 18.9 Å². The molecule has 0 aromatic carbocycles. The van der Waals surface area contributed by atoms with Crippen molar-refractivity contribution in [3.63, 3.8) is 0 Å². The van der Waals surface area contributed by atoms with Gasteiger partial charge in [0.15, 0.2) is 0 Å². The van der Waals surface area contributed by atoms with E-state index in [1.54, 1.807) is 12.4 Å². The van der Waals surface area contributed by atoms with Gasteiger partial charge in [-0.25, -0.2) is 0 Å². The molecule has 1 aromatic heterocycles. The third-order valence-electron chi connectivity index (χ3n) is 3.04. The molecular formula is C11H13NO2. The van der Waals surface area contributed by atoms with Gasteiger partial charge in [-0.15, -0.1) is 0 Å². The smallest absolute Gasteiger partial charge is 0.316 e. The number of hydrogen-bond donors (Lipinski definition) is 0. The molecule has 1 aromatic rings. The Morgan fingerprint density at radius 3 is 2.86 bits per heavy atom. The summed E-state index contributed by atoms with van der Waals surface area (Å²) in [5.74, 6) is 0.220. The summed E-state index contributed by atoms with van der Waals surface area (Å²) in [5, 5.41) is 0. The van der Waals surface area contributed by atoms with Crippen molar-refractivity contribution in [1.29, 1.82) is 0 Å². The van der Waals surface area contributed by atoms with Crippen LogP contribution in [0.15, 0.2) is 24.5 Å². The fourth-order valence-electron chi connectivity index (χ4n) is 2.04. The number of pyridine rings is 1. The number of nitrogens with zero attached hydrogens (tertiary/aromatic N) is 1. The van der Waals surface area contributed by atoms with E-state index in [-0.39, 0.29) is 5.97 Å². The average molecular weight is 191 g/mol. The Balaban J connectivity index is 2.36. The minimum atomic E-state index is -0.414.